The summed E-state index contributed by atoms with van der Waals surface area (Å²) in [7, 11) is -8.33. The molecule has 0 amide bonds. The summed E-state index contributed by atoms with van der Waals surface area (Å²) >= 11 is 0. The Morgan fingerprint density at radius 1 is 1.38 bits per heavy atom. The van der Waals surface area contributed by atoms with Crippen LogP contribution in [0.2, 0.25) is 0 Å². The third kappa shape index (κ3) is 4.51. The minimum atomic E-state index is -5.63. The van der Waals surface area contributed by atoms with Crippen LogP contribution in [-0.2, 0) is 18.9 Å². The van der Waals surface area contributed by atoms with Gasteiger partial charge in [0.15, 0.2) is 0 Å². The van der Waals surface area contributed by atoms with Gasteiger partial charge in [-0.3, -0.25) is 4.18 Å². The highest BCUT2D eigenvalue weighted by Crippen LogP contribution is 2.25. The molecular formula is C3H5F3O5PS+. The van der Waals surface area contributed by atoms with E-state index in [2.05, 4.69) is 4.18 Å². The lowest BCUT2D eigenvalue weighted by molar-refractivity contribution is -0.0538. The Morgan fingerprint density at radius 3 is 2.15 bits per heavy atom. The molecule has 0 aliphatic carbocycles. The molecule has 0 aromatic carbocycles. The summed E-state index contributed by atoms with van der Waals surface area (Å²) in [6.07, 6.45) is -0.662. The molecule has 0 fully saturated rings. The van der Waals surface area contributed by atoms with E-state index in [4.69, 9.17) is 4.89 Å². The monoisotopic (exact) mass is 241 g/mol. The second-order valence-corrected chi connectivity index (χ2v) is 4.56. The lowest BCUT2D eigenvalue weighted by atomic mass is 10.9. The van der Waals surface area contributed by atoms with Crippen molar-refractivity contribution in [3.63, 3.8) is 0 Å². The Morgan fingerprint density at radius 2 is 1.85 bits per heavy atom. The van der Waals surface area contributed by atoms with Gasteiger partial charge in [0, 0.05) is 0 Å². The highest BCUT2D eigenvalue weighted by atomic mass is 32.2. The zero-order valence-electron chi connectivity index (χ0n) is 5.98. The molecule has 0 spiro atoms. The topological polar surface area (TPSA) is 80.7 Å². The first kappa shape index (κ1) is 12.8. The van der Waals surface area contributed by atoms with Gasteiger partial charge in [-0.25, -0.2) is 0 Å². The molecule has 13 heavy (non-hydrogen) atoms. The van der Waals surface area contributed by atoms with Crippen molar-refractivity contribution in [3.8, 4) is 0 Å². The first-order valence-corrected chi connectivity index (χ1v) is 5.56. The summed E-state index contributed by atoms with van der Waals surface area (Å²) in [5.74, 6) is 0. The van der Waals surface area contributed by atoms with Crippen LogP contribution in [0.1, 0.15) is 0 Å². The van der Waals surface area contributed by atoms with E-state index < -0.39 is 36.4 Å². The minimum absolute atomic E-state index is 0.662. The summed E-state index contributed by atoms with van der Waals surface area (Å²) < 4.78 is 68.1. The number of alkyl halides is 3. The fourth-order valence-electron chi connectivity index (χ4n) is 0.292. The molecule has 10 heteroatoms. The predicted molar refractivity (Wildman–Crippen MR) is 35.6 cm³/mol. The van der Waals surface area contributed by atoms with Crippen LogP contribution in [0.25, 0.3) is 0 Å². The summed E-state index contributed by atoms with van der Waals surface area (Å²) in [4.78, 5) is 8.11. The van der Waals surface area contributed by atoms with E-state index >= 15 is 0 Å². The van der Waals surface area contributed by atoms with Crippen LogP contribution in [0, 0.1) is 0 Å². The number of hydrogen-bond acceptors (Lipinski definition) is 4. The Hall–Kier alpha value is -0.240. The molecule has 0 saturated carbocycles. The second kappa shape index (κ2) is 4.32. The van der Waals surface area contributed by atoms with Crippen molar-refractivity contribution >= 4 is 18.1 Å². The average Bonchev–Trinajstić information content (AvgIpc) is 1.82. The zero-order valence-corrected chi connectivity index (χ0v) is 7.69. The Bertz CT molecular complexity index is 282. The molecule has 0 radical (unpaired) electrons. The summed E-state index contributed by atoms with van der Waals surface area (Å²) in [6, 6.07) is 0. The van der Waals surface area contributed by atoms with Crippen molar-refractivity contribution in [1.82, 2.24) is 0 Å². The van der Waals surface area contributed by atoms with Gasteiger partial charge in [0.1, 0.15) is 6.61 Å². The average molecular weight is 241 g/mol. The van der Waals surface area contributed by atoms with E-state index in [0.29, 0.717) is 0 Å². The minimum Gasteiger partial charge on any atom is -0.259 e. The van der Waals surface area contributed by atoms with E-state index in [1.807, 2.05) is 0 Å². The summed E-state index contributed by atoms with van der Waals surface area (Å²) in [5, 5.41) is 0. The van der Waals surface area contributed by atoms with Gasteiger partial charge in [0.2, 0.25) is 6.16 Å². The Kier molecular flexibility index (Phi) is 4.24. The van der Waals surface area contributed by atoms with Gasteiger partial charge in [-0.15, -0.1) is 0 Å². The standard InChI is InChI=1S/C3H4F3O5PS/c4-3(5,6)13(9,10)11-1-2-12(7)8/h1-2H2/p+1. The number of rotatable bonds is 4. The molecule has 0 saturated heterocycles. The highest BCUT2D eigenvalue weighted by molar-refractivity contribution is 7.87. The molecule has 0 aliphatic heterocycles. The van der Waals surface area contributed by atoms with Crippen molar-refractivity contribution < 1.29 is 35.2 Å². The molecule has 0 bridgehead atoms. The van der Waals surface area contributed by atoms with Crippen LogP contribution < -0.4 is 0 Å². The van der Waals surface area contributed by atoms with Crippen LogP contribution >= 0.6 is 8.03 Å². The summed E-state index contributed by atoms with van der Waals surface area (Å²) in [5.41, 5.74) is -5.49. The highest BCUT2D eigenvalue weighted by Gasteiger charge is 2.47. The molecule has 5 nitrogen and oxygen atoms in total. The van der Waals surface area contributed by atoms with Crippen LogP contribution in [0.5, 0.6) is 0 Å². The van der Waals surface area contributed by atoms with E-state index in [9.17, 15) is 26.2 Å². The van der Waals surface area contributed by atoms with Gasteiger partial charge in [0.25, 0.3) is 0 Å². The van der Waals surface area contributed by atoms with Gasteiger partial charge in [-0.1, -0.05) is 0 Å². The van der Waals surface area contributed by atoms with Gasteiger partial charge in [-0.2, -0.15) is 26.5 Å². The van der Waals surface area contributed by atoms with Gasteiger partial charge < -0.3 is 0 Å². The first-order chi connectivity index (χ1) is 5.67. The molecule has 0 aliphatic rings. The largest absolute Gasteiger partial charge is 0.523 e. The fourth-order valence-corrected chi connectivity index (χ4v) is 1.10. The molecule has 1 atom stereocenters. The second-order valence-electron chi connectivity index (χ2n) is 1.80. The van der Waals surface area contributed by atoms with E-state index in [-0.39, 0.29) is 0 Å². The molecule has 0 rings (SSSR count). The first-order valence-electron chi connectivity index (χ1n) is 2.76. The molecular weight excluding hydrogens is 236 g/mol. The van der Waals surface area contributed by atoms with Crippen LogP contribution in [0.3, 0.4) is 0 Å². The Labute approximate surface area is 72.5 Å². The van der Waals surface area contributed by atoms with Gasteiger partial charge >= 0.3 is 23.7 Å². The van der Waals surface area contributed by atoms with Crippen molar-refractivity contribution in [3.05, 3.63) is 0 Å². The van der Waals surface area contributed by atoms with Crippen LogP contribution in [0.15, 0.2) is 0 Å². The van der Waals surface area contributed by atoms with Gasteiger partial charge in [0.05, 0.1) is 0 Å². The van der Waals surface area contributed by atoms with Crippen molar-refractivity contribution in [2.24, 2.45) is 0 Å². The SMILES string of the molecule is O=[P+](O)CCOS(=O)(=O)C(F)(F)F. The number of halogens is 3. The number of hydrogen-bond donors (Lipinski definition) is 1. The zero-order chi connectivity index (χ0) is 10.7. The Balaban J connectivity index is 4.15. The van der Waals surface area contributed by atoms with Crippen molar-refractivity contribution in [2.75, 3.05) is 12.8 Å². The maximum absolute atomic E-state index is 11.5. The van der Waals surface area contributed by atoms with Gasteiger partial charge in [-0.05, 0) is 4.57 Å². The summed E-state index contributed by atoms with van der Waals surface area (Å²) in [6.45, 7) is -0.965. The molecule has 0 aromatic rings. The molecule has 0 aromatic heterocycles. The fraction of sp³-hybridized carbons (Fsp3) is 1.00. The molecule has 0 heterocycles. The van der Waals surface area contributed by atoms with Crippen LogP contribution in [-0.4, -0.2) is 31.6 Å². The molecule has 1 unspecified atom stereocenters. The van der Waals surface area contributed by atoms with E-state index in [1.54, 1.807) is 0 Å². The third-order valence-corrected chi connectivity index (χ3v) is 2.41. The molecule has 78 valence electrons. The van der Waals surface area contributed by atoms with E-state index in [1.165, 1.54) is 0 Å². The maximum atomic E-state index is 11.5. The lowest BCUT2D eigenvalue weighted by Gasteiger charge is -2.05. The van der Waals surface area contributed by atoms with Crippen molar-refractivity contribution in [2.45, 2.75) is 5.51 Å². The lowest BCUT2D eigenvalue weighted by Crippen LogP contribution is -2.26. The predicted octanol–water partition coefficient (Wildman–Crippen LogP) is 0.587. The molecule has 1 N–H and O–H groups in total. The quantitative estimate of drug-likeness (QED) is 0.442. The smallest absolute Gasteiger partial charge is 0.259 e. The normalized spacial score (nSPS) is 14.3. The van der Waals surface area contributed by atoms with Crippen molar-refractivity contribution in [1.29, 1.82) is 0 Å². The third-order valence-electron chi connectivity index (χ3n) is 0.805. The van der Waals surface area contributed by atoms with E-state index in [0.717, 1.165) is 0 Å². The van der Waals surface area contributed by atoms with Crippen LogP contribution in [0.4, 0.5) is 13.2 Å². The maximum Gasteiger partial charge on any atom is 0.523 e.